The van der Waals surface area contributed by atoms with Crippen LogP contribution in [0, 0.1) is 0 Å². The van der Waals surface area contributed by atoms with E-state index in [-0.39, 0.29) is 12.3 Å². The maximum absolute atomic E-state index is 12.4. The molecule has 1 fully saturated rings. The van der Waals surface area contributed by atoms with E-state index in [1.165, 1.54) is 0 Å². The molecule has 2 aromatic rings. The molecule has 6 nitrogen and oxygen atoms in total. The van der Waals surface area contributed by atoms with E-state index in [4.69, 9.17) is 0 Å². The normalized spacial score (nSPS) is 14.0. The molecule has 0 spiro atoms. The van der Waals surface area contributed by atoms with Gasteiger partial charge < -0.3 is 0 Å². The van der Waals surface area contributed by atoms with Gasteiger partial charge in [-0.05, 0) is 24.3 Å². The molecule has 0 saturated carbocycles. The molecule has 1 heterocycles. The number of anilines is 1. The summed E-state index contributed by atoms with van der Waals surface area (Å²) in [6.45, 7) is 0.399. The molecule has 4 amide bonds. The lowest BCUT2D eigenvalue weighted by molar-refractivity contribution is -0.125. The number of hydrogen-bond acceptors (Lipinski definition) is 4. The van der Waals surface area contributed by atoms with Gasteiger partial charge in [0.1, 0.15) is 0 Å². The quantitative estimate of drug-likeness (QED) is 0.923. The van der Waals surface area contributed by atoms with E-state index in [9.17, 15) is 14.4 Å². The summed E-state index contributed by atoms with van der Waals surface area (Å²) in [5.41, 5.74) is 1.08. The fourth-order valence-corrected chi connectivity index (χ4v) is 2.42. The van der Waals surface area contributed by atoms with Crippen molar-refractivity contribution in [2.45, 2.75) is 6.42 Å². The number of carbonyl (C=O) groups is 3. The van der Waals surface area contributed by atoms with Crippen LogP contribution in [0.3, 0.4) is 0 Å². The molecule has 1 saturated heterocycles. The summed E-state index contributed by atoms with van der Waals surface area (Å²) >= 11 is 0. The third kappa shape index (κ3) is 3.06. The van der Waals surface area contributed by atoms with Gasteiger partial charge in [-0.1, -0.05) is 36.4 Å². The minimum atomic E-state index is -0.745. The van der Waals surface area contributed by atoms with Gasteiger partial charge in [0.25, 0.3) is 11.8 Å². The number of para-hydroxylation sites is 1. The van der Waals surface area contributed by atoms with Crippen molar-refractivity contribution < 1.29 is 14.4 Å². The molecule has 2 aromatic carbocycles. The summed E-state index contributed by atoms with van der Waals surface area (Å²) in [6.07, 6.45) is 0.224. The lowest BCUT2D eigenvalue weighted by Crippen LogP contribution is -2.50. The second-order valence-electron chi connectivity index (χ2n) is 5.04. The minimum absolute atomic E-state index is 0.224. The van der Waals surface area contributed by atoms with E-state index in [1.54, 1.807) is 47.5 Å². The van der Waals surface area contributed by atoms with Crippen LogP contribution in [0.15, 0.2) is 60.7 Å². The molecular formula is C17H15N3O3. The number of urea groups is 1. The lowest BCUT2D eigenvalue weighted by atomic mass is 10.2. The van der Waals surface area contributed by atoms with E-state index < -0.39 is 11.9 Å². The van der Waals surface area contributed by atoms with Crippen LogP contribution in [-0.4, -0.2) is 29.4 Å². The molecular weight excluding hydrogens is 294 g/mol. The number of imide groups is 2. The Balaban J connectivity index is 1.77. The van der Waals surface area contributed by atoms with Crippen LogP contribution in [0.25, 0.3) is 0 Å². The first-order valence-electron chi connectivity index (χ1n) is 7.22. The fraction of sp³-hybridized carbons (Fsp3) is 0.118. The molecule has 0 atom stereocenters. The molecule has 1 aliphatic rings. The summed E-state index contributed by atoms with van der Waals surface area (Å²) in [7, 11) is 0. The number of hydrazine groups is 1. The molecule has 0 radical (unpaired) electrons. The molecule has 6 heteroatoms. The summed E-state index contributed by atoms with van der Waals surface area (Å²) in [4.78, 5) is 36.5. The van der Waals surface area contributed by atoms with Crippen molar-refractivity contribution in [2.24, 2.45) is 0 Å². The van der Waals surface area contributed by atoms with E-state index in [0.717, 1.165) is 10.7 Å². The first-order valence-corrected chi connectivity index (χ1v) is 7.22. The van der Waals surface area contributed by atoms with Gasteiger partial charge in [-0.2, -0.15) is 5.01 Å². The number of benzene rings is 2. The molecule has 0 bridgehead atoms. The van der Waals surface area contributed by atoms with E-state index in [1.807, 2.05) is 18.2 Å². The van der Waals surface area contributed by atoms with Crippen molar-refractivity contribution in [2.75, 3.05) is 11.6 Å². The van der Waals surface area contributed by atoms with Gasteiger partial charge in [0.15, 0.2) is 0 Å². The van der Waals surface area contributed by atoms with Crippen molar-refractivity contribution in [3.63, 3.8) is 0 Å². The van der Waals surface area contributed by atoms with Gasteiger partial charge in [-0.15, -0.1) is 0 Å². The highest BCUT2D eigenvalue weighted by Gasteiger charge is 2.35. The van der Waals surface area contributed by atoms with E-state index >= 15 is 0 Å². The summed E-state index contributed by atoms with van der Waals surface area (Å²) in [6, 6.07) is 16.7. The van der Waals surface area contributed by atoms with Crippen molar-refractivity contribution in [1.82, 2.24) is 10.3 Å². The highest BCUT2D eigenvalue weighted by atomic mass is 16.2. The Morgan fingerprint density at radius 2 is 1.52 bits per heavy atom. The van der Waals surface area contributed by atoms with Gasteiger partial charge in [0.05, 0.1) is 5.69 Å². The second kappa shape index (κ2) is 6.31. The maximum Gasteiger partial charge on any atom is 0.350 e. The van der Waals surface area contributed by atoms with Gasteiger partial charge >= 0.3 is 6.03 Å². The van der Waals surface area contributed by atoms with Crippen LogP contribution in [0.2, 0.25) is 0 Å². The van der Waals surface area contributed by atoms with Crippen LogP contribution in [0.5, 0.6) is 0 Å². The first-order chi connectivity index (χ1) is 11.2. The van der Waals surface area contributed by atoms with Crippen LogP contribution in [0.1, 0.15) is 16.8 Å². The molecule has 1 N–H and O–H groups in total. The summed E-state index contributed by atoms with van der Waals surface area (Å²) in [5.74, 6) is -0.879. The summed E-state index contributed by atoms with van der Waals surface area (Å²) < 4.78 is 0. The third-order valence-corrected chi connectivity index (χ3v) is 3.52. The predicted molar refractivity (Wildman–Crippen MR) is 84.6 cm³/mol. The summed E-state index contributed by atoms with van der Waals surface area (Å²) in [5, 5.41) is 4.80. The van der Waals surface area contributed by atoms with E-state index in [0.29, 0.717) is 12.1 Å². The maximum atomic E-state index is 12.4. The number of nitrogens with zero attached hydrogens (tertiary/aromatic N) is 2. The Morgan fingerprint density at radius 3 is 2.17 bits per heavy atom. The van der Waals surface area contributed by atoms with Crippen LogP contribution in [-0.2, 0) is 4.79 Å². The Labute approximate surface area is 133 Å². The van der Waals surface area contributed by atoms with Crippen molar-refractivity contribution in [1.29, 1.82) is 0 Å². The zero-order valence-electron chi connectivity index (χ0n) is 12.3. The van der Waals surface area contributed by atoms with Crippen LogP contribution < -0.4 is 10.3 Å². The Hall–Kier alpha value is -3.15. The fourth-order valence-electron chi connectivity index (χ4n) is 2.42. The predicted octanol–water partition coefficient (Wildman–Crippen LogP) is 2.19. The minimum Gasteiger partial charge on any atom is -0.274 e. The monoisotopic (exact) mass is 309 g/mol. The van der Waals surface area contributed by atoms with E-state index in [2.05, 4.69) is 5.32 Å². The Morgan fingerprint density at radius 1 is 0.913 bits per heavy atom. The van der Waals surface area contributed by atoms with Crippen LogP contribution in [0.4, 0.5) is 10.5 Å². The number of rotatable bonds is 2. The molecule has 1 aliphatic heterocycles. The highest BCUT2D eigenvalue weighted by molar-refractivity contribution is 6.09. The zero-order chi connectivity index (χ0) is 16.2. The third-order valence-electron chi connectivity index (χ3n) is 3.52. The van der Waals surface area contributed by atoms with Crippen molar-refractivity contribution >= 4 is 23.5 Å². The van der Waals surface area contributed by atoms with Gasteiger partial charge in [0.2, 0.25) is 0 Å². The standard InChI is InChI=1S/C17H15N3O3/c21-15-11-12-19(14-9-5-2-6-10-14)20(15)17(23)18-16(22)13-7-3-1-4-8-13/h1-10H,11-12H2,(H,18,22,23). The average Bonchev–Trinajstić information content (AvgIpc) is 2.98. The Kier molecular flexibility index (Phi) is 4.05. The first kappa shape index (κ1) is 14.8. The van der Waals surface area contributed by atoms with Gasteiger partial charge in [-0.25, -0.2) is 4.79 Å². The van der Waals surface area contributed by atoms with Gasteiger partial charge in [0, 0.05) is 18.5 Å². The smallest absolute Gasteiger partial charge is 0.274 e. The van der Waals surface area contributed by atoms with Gasteiger partial charge in [-0.3, -0.25) is 19.9 Å². The number of carbonyl (C=O) groups excluding carboxylic acids is 3. The molecule has 0 aliphatic carbocycles. The van der Waals surface area contributed by atoms with Crippen molar-refractivity contribution in [3.8, 4) is 0 Å². The largest absolute Gasteiger partial charge is 0.350 e. The molecule has 3 rings (SSSR count). The molecule has 116 valence electrons. The zero-order valence-corrected chi connectivity index (χ0v) is 12.3. The lowest BCUT2D eigenvalue weighted by Gasteiger charge is -2.27. The molecule has 0 unspecified atom stereocenters. The molecule has 0 aromatic heterocycles. The average molecular weight is 309 g/mol. The number of hydrogen-bond donors (Lipinski definition) is 1. The topological polar surface area (TPSA) is 69.7 Å². The Bertz CT molecular complexity index is 731. The number of amides is 4. The number of nitrogens with one attached hydrogen (secondary N) is 1. The second-order valence-corrected chi connectivity index (χ2v) is 5.04. The van der Waals surface area contributed by atoms with Crippen LogP contribution >= 0.6 is 0 Å². The SMILES string of the molecule is O=C(NC(=O)N1C(=O)CCN1c1ccccc1)c1ccccc1. The van der Waals surface area contributed by atoms with Crippen molar-refractivity contribution in [3.05, 3.63) is 66.2 Å². The molecule has 23 heavy (non-hydrogen) atoms. The highest BCUT2D eigenvalue weighted by Crippen LogP contribution is 2.22.